The van der Waals surface area contributed by atoms with Crippen molar-refractivity contribution < 1.29 is 80.2 Å². The number of hydrogen-bond acceptors (Lipinski definition) is 15. The zero-order valence-electron chi connectivity index (χ0n) is 67.2. The Kier molecular flexibility index (Phi) is 75.4. The summed E-state index contributed by atoms with van der Waals surface area (Å²) >= 11 is 0. The first-order chi connectivity index (χ1) is 52.7. The summed E-state index contributed by atoms with van der Waals surface area (Å²) in [7, 11) is -10.0. The Morgan fingerprint density at radius 3 is 0.759 bits per heavy atom. The van der Waals surface area contributed by atoms with Crippen LogP contribution in [0.5, 0.6) is 0 Å². The van der Waals surface area contributed by atoms with Gasteiger partial charge in [0.2, 0.25) is 0 Å². The summed E-state index contributed by atoms with van der Waals surface area (Å²) in [4.78, 5) is 73.2. The van der Waals surface area contributed by atoms with E-state index < -0.39 is 97.5 Å². The minimum Gasteiger partial charge on any atom is -0.462 e. The Bertz CT molecular complexity index is 2710. The molecule has 3 N–H and O–H groups in total. The van der Waals surface area contributed by atoms with E-state index in [9.17, 15) is 43.2 Å². The van der Waals surface area contributed by atoms with Crippen LogP contribution >= 0.6 is 15.6 Å². The van der Waals surface area contributed by atoms with E-state index in [0.29, 0.717) is 25.7 Å². The van der Waals surface area contributed by atoms with Crippen LogP contribution in [0.3, 0.4) is 0 Å². The second-order valence-electron chi connectivity index (χ2n) is 26.9. The lowest BCUT2D eigenvalue weighted by Crippen LogP contribution is -2.30. The molecular formula is C89H146O17P2. The minimum absolute atomic E-state index is 0.0643. The number of hydrogen-bond donors (Lipinski definition) is 3. The first-order valence-electron chi connectivity index (χ1n) is 41.4. The summed E-state index contributed by atoms with van der Waals surface area (Å²) in [6.45, 7) is 4.42. The van der Waals surface area contributed by atoms with Gasteiger partial charge in [0.15, 0.2) is 12.2 Å². The van der Waals surface area contributed by atoms with Gasteiger partial charge in [-0.1, -0.05) is 281 Å². The molecule has 108 heavy (non-hydrogen) atoms. The predicted molar refractivity (Wildman–Crippen MR) is 445 cm³/mol. The van der Waals surface area contributed by atoms with E-state index in [4.69, 9.17) is 37.0 Å². The molecule has 5 atom stereocenters. The van der Waals surface area contributed by atoms with E-state index in [1.54, 1.807) is 0 Å². The van der Waals surface area contributed by atoms with Crippen LogP contribution in [0.4, 0.5) is 0 Å². The fourth-order valence-electron chi connectivity index (χ4n) is 10.5. The van der Waals surface area contributed by atoms with E-state index in [1.807, 2.05) is 0 Å². The smallest absolute Gasteiger partial charge is 0.462 e. The lowest BCUT2D eigenvalue weighted by molar-refractivity contribution is -0.161. The summed E-state index contributed by atoms with van der Waals surface area (Å²) in [5.74, 6) is -2.28. The Balaban J connectivity index is 5.46. The van der Waals surface area contributed by atoms with Crippen LogP contribution in [0.15, 0.2) is 170 Å². The van der Waals surface area contributed by atoms with Crippen molar-refractivity contribution in [2.24, 2.45) is 0 Å². The molecule has 0 aliphatic heterocycles. The van der Waals surface area contributed by atoms with Crippen molar-refractivity contribution in [2.75, 3.05) is 39.6 Å². The highest BCUT2D eigenvalue weighted by Gasteiger charge is 2.30. The molecule has 0 aliphatic rings. The van der Waals surface area contributed by atoms with E-state index >= 15 is 0 Å². The lowest BCUT2D eigenvalue weighted by Gasteiger charge is -2.21. The summed E-state index contributed by atoms with van der Waals surface area (Å²) in [5, 5.41) is 10.7. The molecule has 0 amide bonds. The number of aliphatic hydroxyl groups excluding tert-OH is 1. The molecule has 0 aliphatic carbocycles. The number of carbonyl (C=O) groups excluding carboxylic acids is 4. The van der Waals surface area contributed by atoms with Gasteiger partial charge >= 0.3 is 39.5 Å². The SMILES string of the molecule is CC/C=C\C/C=C\C/C=C\C/C=C\CCCCCCCCC(=O)OCC(COP(=O)(O)OCC(O)COP(=O)(O)OCC(COC(=O)CCCC/C=C\C/C=C\C/C=C\C/C=C\CC)OC(=O)CCCCCCC/C=C\C/C=C\CCCCC)OC(=O)CCCCCCCC/C=C\C/C=C\C/C=C\C/C=C\CC. The molecule has 0 fully saturated rings. The Morgan fingerprint density at radius 2 is 0.481 bits per heavy atom. The van der Waals surface area contributed by atoms with Crippen molar-refractivity contribution in [2.45, 2.75) is 329 Å². The Morgan fingerprint density at radius 1 is 0.269 bits per heavy atom. The first kappa shape index (κ1) is 102. The molecule has 0 bridgehead atoms. The molecule has 0 spiro atoms. The fraction of sp³-hybridized carbons (Fsp3) is 0.640. The third-order valence-corrected chi connectivity index (χ3v) is 18.6. The standard InChI is InChI=1S/C89H146O17P2/c1-5-9-13-17-21-25-29-33-37-39-41-43-47-50-54-58-62-66-70-74-87(92)100-80-85(106-89(94)76-72-68-64-60-56-52-48-44-42-40-38-34-30-26-22-18-14-10-6-2)82-104-108(97,98)102-78-83(90)77-101-107(95,96)103-81-84(105-88(93)75-71-67-63-59-55-51-46-36-32-28-24-20-16-12-8-4)79-99-86(91)73-69-65-61-57-53-49-45-35-31-27-23-19-15-11-7-3/h9-11,13-15,21-28,33-38,41-46,53,57,83-85,90H,5-8,12,16-20,29-32,39-40,47-52,54-56,58-82H2,1-4H3,(H,95,96)(H,97,98)/b13-9-,14-10-,15-11-,25-21-,26-22-,27-23-,28-24-,37-33-,38-34-,43-41-,44-42-,45-35-,46-36-,57-53-. The van der Waals surface area contributed by atoms with Gasteiger partial charge in [0.25, 0.3) is 0 Å². The summed E-state index contributed by atoms with van der Waals surface area (Å²) in [5.41, 5.74) is 0. The average molecular weight is 1550 g/mol. The summed E-state index contributed by atoms with van der Waals surface area (Å²) in [6.07, 6.45) is 94.6. The molecule has 5 unspecified atom stereocenters. The zero-order valence-corrected chi connectivity index (χ0v) is 69.0. The van der Waals surface area contributed by atoms with Crippen LogP contribution in [0.25, 0.3) is 0 Å². The fourth-order valence-corrected chi connectivity index (χ4v) is 12.0. The average Bonchev–Trinajstić information content (AvgIpc) is 0.896. The maximum atomic E-state index is 13.1. The monoisotopic (exact) mass is 1550 g/mol. The predicted octanol–water partition coefficient (Wildman–Crippen LogP) is 24.6. The van der Waals surface area contributed by atoms with Crippen molar-refractivity contribution in [3.05, 3.63) is 170 Å². The molecular weight excluding hydrogens is 1400 g/mol. The quantitative estimate of drug-likeness (QED) is 0.0169. The number of phosphoric acid groups is 2. The van der Waals surface area contributed by atoms with Gasteiger partial charge in [-0.25, -0.2) is 9.13 Å². The van der Waals surface area contributed by atoms with Gasteiger partial charge in [-0.3, -0.25) is 37.3 Å². The first-order valence-corrected chi connectivity index (χ1v) is 44.4. The van der Waals surface area contributed by atoms with Crippen molar-refractivity contribution >= 4 is 39.5 Å². The van der Waals surface area contributed by atoms with Crippen molar-refractivity contribution in [1.82, 2.24) is 0 Å². The van der Waals surface area contributed by atoms with Crippen molar-refractivity contribution in [1.29, 1.82) is 0 Å². The third kappa shape index (κ3) is 78.5. The molecule has 0 aromatic rings. The topological polar surface area (TPSA) is 237 Å². The van der Waals surface area contributed by atoms with E-state index in [0.717, 1.165) is 212 Å². The van der Waals surface area contributed by atoms with Gasteiger partial charge in [-0.15, -0.1) is 0 Å². The summed E-state index contributed by atoms with van der Waals surface area (Å²) in [6, 6.07) is 0. The molecule has 0 saturated heterocycles. The van der Waals surface area contributed by atoms with Gasteiger partial charge in [0.05, 0.1) is 26.4 Å². The number of allylic oxidation sites excluding steroid dienone is 28. The number of rotatable bonds is 76. The van der Waals surface area contributed by atoms with Gasteiger partial charge < -0.3 is 33.8 Å². The van der Waals surface area contributed by atoms with Crippen LogP contribution in [0, 0.1) is 0 Å². The molecule has 0 radical (unpaired) electrons. The number of unbranched alkanes of at least 4 members (excludes halogenated alkanes) is 22. The van der Waals surface area contributed by atoms with Gasteiger partial charge in [-0.2, -0.15) is 0 Å². The minimum atomic E-state index is -5.00. The van der Waals surface area contributed by atoms with E-state index in [2.05, 4.69) is 198 Å². The zero-order chi connectivity index (χ0) is 78.9. The van der Waals surface area contributed by atoms with Crippen LogP contribution in [0.2, 0.25) is 0 Å². The molecule has 0 heterocycles. The van der Waals surface area contributed by atoms with Gasteiger partial charge in [0.1, 0.15) is 19.3 Å². The number of phosphoric ester groups is 2. The highest BCUT2D eigenvalue weighted by molar-refractivity contribution is 7.47. The number of aliphatic hydroxyl groups is 1. The van der Waals surface area contributed by atoms with Crippen molar-refractivity contribution in [3.8, 4) is 0 Å². The second-order valence-corrected chi connectivity index (χ2v) is 29.8. The van der Waals surface area contributed by atoms with Crippen LogP contribution in [-0.2, 0) is 65.4 Å². The van der Waals surface area contributed by atoms with E-state index in [-0.39, 0.29) is 25.7 Å². The molecule has 614 valence electrons. The van der Waals surface area contributed by atoms with Gasteiger partial charge in [-0.05, 0) is 173 Å². The van der Waals surface area contributed by atoms with E-state index in [1.165, 1.54) is 19.3 Å². The van der Waals surface area contributed by atoms with Gasteiger partial charge in [0, 0.05) is 25.7 Å². The maximum absolute atomic E-state index is 13.1. The Labute approximate surface area is 654 Å². The molecule has 17 nitrogen and oxygen atoms in total. The van der Waals surface area contributed by atoms with Crippen LogP contribution in [0.1, 0.15) is 310 Å². The Hall–Kier alpha value is -5.58. The number of esters is 4. The van der Waals surface area contributed by atoms with Crippen LogP contribution < -0.4 is 0 Å². The highest BCUT2D eigenvalue weighted by Crippen LogP contribution is 2.45. The third-order valence-electron chi connectivity index (χ3n) is 16.7. The second kappa shape index (κ2) is 79.5. The molecule has 19 heteroatoms. The normalized spacial score (nSPS) is 14.7. The van der Waals surface area contributed by atoms with Crippen LogP contribution in [-0.4, -0.2) is 96.7 Å². The lowest BCUT2D eigenvalue weighted by atomic mass is 10.1. The number of ether oxygens (including phenoxy) is 4. The molecule has 0 rings (SSSR count). The molecule has 0 aromatic carbocycles. The summed E-state index contributed by atoms with van der Waals surface area (Å²) < 4.78 is 68.7. The molecule has 0 aromatic heterocycles. The highest BCUT2D eigenvalue weighted by atomic mass is 31.2. The number of carbonyl (C=O) groups is 4. The van der Waals surface area contributed by atoms with Crippen molar-refractivity contribution in [3.63, 3.8) is 0 Å². The molecule has 0 saturated carbocycles. The largest absolute Gasteiger partial charge is 0.472 e. The maximum Gasteiger partial charge on any atom is 0.472 e.